The number of rotatable bonds is 5. The van der Waals surface area contributed by atoms with Gasteiger partial charge in [0, 0.05) is 60.6 Å². The fourth-order valence-corrected chi connectivity index (χ4v) is 12.1. The summed E-state index contributed by atoms with van der Waals surface area (Å²) in [5.74, 6) is 0. The molecule has 3 heteroatoms. The Morgan fingerprint density at radius 1 is 0.362 bits per heavy atom. The lowest BCUT2D eigenvalue weighted by atomic mass is 9.80. The number of fused-ring (bicyclic) bond motifs is 15. The Bertz CT molecular complexity index is 3910. The van der Waals surface area contributed by atoms with E-state index in [2.05, 4.69) is 234 Å². The number of para-hydroxylation sites is 2. The van der Waals surface area contributed by atoms with E-state index >= 15 is 0 Å². The van der Waals surface area contributed by atoms with Gasteiger partial charge < -0.3 is 13.7 Å². The molecule has 0 saturated heterocycles. The molecular weight excluding hydrogens is 839 g/mol. The van der Waals surface area contributed by atoms with Crippen LogP contribution in [-0.2, 0) is 10.8 Å². The molecule has 2 aromatic heterocycles. The predicted octanol–water partition coefficient (Wildman–Crippen LogP) is 18.7. The highest BCUT2D eigenvalue weighted by Gasteiger charge is 2.41. The van der Waals surface area contributed by atoms with Gasteiger partial charge in [-0.25, -0.2) is 0 Å². The van der Waals surface area contributed by atoms with Crippen LogP contribution in [0.25, 0.3) is 99.2 Å². The molecule has 0 unspecified atom stereocenters. The van der Waals surface area contributed by atoms with Crippen molar-refractivity contribution in [3.63, 3.8) is 0 Å². The van der Waals surface area contributed by atoms with Crippen LogP contribution in [0.2, 0.25) is 0 Å². The summed E-state index contributed by atoms with van der Waals surface area (Å²) in [6.07, 6.45) is 0. The second-order valence-corrected chi connectivity index (χ2v) is 20.6. The van der Waals surface area contributed by atoms with E-state index in [-0.39, 0.29) is 10.8 Å². The lowest BCUT2D eigenvalue weighted by Crippen LogP contribution is -2.18. The molecule has 0 atom stereocenters. The van der Waals surface area contributed by atoms with Gasteiger partial charge in [-0.3, -0.25) is 0 Å². The van der Waals surface area contributed by atoms with Crippen molar-refractivity contribution in [2.45, 2.75) is 52.4 Å². The average Bonchev–Trinajstić information content (AvgIpc) is 4.07. The molecule has 2 aliphatic rings. The van der Waals surface area contributed by atoms with E-state index in [1.807, 2.05) is 0 Å². The van der Waals surface area contributed by atoms with Crippen molar-refractivity contribution in [1.82, 2.24) is 0 Å². The van der Waals surface area contributed by atoms with Crippen molar-refractivity contribution in [1.29, 1.82) is 0 Å². The minimum absolute atomic E-state index is 0.308. The van der Waals surface area contributed by atoms with Gasteiger partial charge in [-0.15, -0.1) is 0 Å². The molecule has 0 bridgehead atoms. The molecule has 0 aliphatic heterocycles. The molecule has 69 heavy (non-hydrogen) atoms. The Kier molecular flexibility index (Phi) is 8.23. The van der Waals surface area contributed by atoms with Crippen LogP contribution < -0.4 is 4.90 Å². The third kappa shape index (κ3) is 5.68. The van der Waals surface area contributed by atoms with Gasteiger partial charge in [0.15, 0.2) is 0 Å². The topological polar surface area (TPSA) is 29.5 Å². The van der Waals surface area contributed by atoms with Crippen LogP contribution in [0, 0.1) is 13.8 Å². The highest BCUT2D eigenvalue weighted by atomic mass is 16.3. The summed E-state index contributed by atoms with van der Waals surface area (Å²) in [4.78, 5) is 2.48. The first kappa shape index (κ1) is 40.0. The van der Waals surface area contributed by atoms with E-state index in [9.17, 15) is 0 Å². The molecule has 14 rings (SSSR count). The monoisotopic (exact) mass is 887 g/mol. The molecule has 2 heterocycles. The summed E-state index contributed by atoms with van der Waals surface area (Å²) in [6, 6.07) is 69.5. The molecule has 330 valence electrons. The van der Waals surface area contributed by atoms with E-state index in [1.54, 1.807) is 0 Å². The van der Waals surface area contributed by atoms with Crippen molar-refractivity contribution in [2.24, 2.45) is 0 Å². The van der Waals surface area contributed by atoms with Crippen molar-refractivity contribution in [2.75, 3.05) is 4.90 Å². The van der Waals surface area contributed by atoms with Crippen LogP contribution in [0.15, 0.2) is 197 Å². The molecule has 0 N–H and O–H groups in total. The molecule has 0 radical (unpaired) electrons. The minimum atomic E-state index is -0.308. The fraction of sp³-hybridized carbons (Fsp3) is 0.121. The van der Waals surface area contributed by atoms with E-state index in [0.717, 1.165) is 72.4 Å². The number of nitrogens with zero attached hydrogens (tertiary/aromatic N) is 1. The van der Waals surface area contributed by atoms with Crippen molar-refractivity contribution >= 4 is 71.7 Å². The second-order valence-electron chi connectivity index (χ2n) is 20.6. The van der Waals surface area contributed by atoms with Gasteiger partial charge in [0.2, 0.25) is 0 Å². The Morgan fingerprint density at radius 2 is 0.783 bits per heavy atom. The first-order valence-electron chi connectivity index (χ1n) is 24.2. The summed E-state index contributed by atoms with van der Waals surface area (Å²) in [7, 11) is 0. The highest BCUT2D eigenvalue weighted by molar-refractivity contribution is 6.20. The third-order valence-electron chi connectivity index (χ3n) is 15.8. The Labute approximate surface area is 401 Å². The minimum Gasteiger partial charge on any atom is -0.455 e. The summed E-state index contributed by atoms with van der Waals surface area (Å²) >= 11 is 0. The molecule has 0 amide bonds. The van der Waals surface area contributed by atoms with Gasteiger partial charge in [0.1, 0.15) is 22.3 Å². The van der Waals surface area contributed by atoms with Gasteiger partial charge in [-0.05, 0) is 141 Å². The molecule has 0 saturated carbocycles. The smallest absolute Gasteiger partial charge is 0.143 e. The maximum Gasteiger partial charge on any atom is 0.143 e. The fourth-order valence-electron chi connectivity index (χ4n) is 12.1. The number of hydrogen-bond donors (Lipinski definition) is 0. The van der Waals surface area contributed by atoms with E-state index < -0.39 is 0 Å². The number of furan rings is 2. The van der Waals surface area contributed by atoms with E-state index in [4.69, 9.17) is 8.83 Å². The zero-order valence-corrected chi connectivity index (χ0v) is 39.7. The first-order chi connectivity index (χ1) is 33.5. The Balaban J connectivity index is 0.979. The van der Waals surface area contributed by atoms with Crippen LogP contribution in [0.5, 0.6) is 0 Å². The summed E-state index contributed by atoms with van der Waals surface area (Å²) in [5, 5.41) is 7.11. The van der Waals surface area contributed by atoms with Crippen LogP contribution in [0.3, 0.4) is 0 Å². The average molecular weight is 888 g/mol. The number of benzene rings is 10. The van der Waals surface area contributed by atoms with Gasteiger partial charge in [-0.2, -0.15) is 0 Å². The van der Waals surface area contributed by atoms with E-state index in [0.29, 0.717) is 0 Å². The number of anilines is 3. The molecule has 2 aliphatic carbocycles. The molecule has 0 fully saturated rings. The largest absolute Gasteiger partial charge is 0.455 e. The molecule has 0 spiro atoms. The van der Waals surface area contributed by atoms with Crippen LogP contribution in [0.1, 0.15) is 61.1 Å². The molecule has 12 aromatic rings. The predicted molar refractivity (Wildman–Crippen MR) is 289 cm³/mol. The lowest BCUT2D eigenvalue weighted by Gasteiger charge is -2.30. The number of aryl methyl sites for hydroxylation is 2. The third-order valence-corrected chi connectivity index (χ3v) is 15.8. The zero-order chi connectivity index (χ0) is 46.5. The second kappa shape index (κ2) is 14.2. The van der Waals surface area contributed by atoms with Crippen molar-refractivity contribution in [3.8, 4) is 44.5 Å². The normalized spacial score (nSPS) is 14.2. The zero-order valence-electron chi connectivity index (χ0n) is 39.7. The van der Waals surface area contributed by atoms with Crippen molar-refractivity contribution in [3.05, 3.63) is 221 Å². The van der Waals surface area contributed by atoms with Gasteiger partial charge in [0.05, 0.1) is 0 Å². The molecule has 10 aromatic carbocycles. The van der Waals surface area contributed by atoms with Crippen LogP contribution in [0.4, 0.5) is 17.1 Å². The van der Waals surface area contributed by atoms with Gasteiger partial charge >= 0.3 is 0 Å². The van der Waals surface area contributed by atoms with Crippen LogP contribution >= 0.6 is 0 Å². The van der Waals surface area contributed by atoms with Gasteiger partial charge in [0.25, 0.3) is 0 Å². The maximum atomic E-state index is 6.83. The highest BCUT2D eigenvalue weighted by Crippen LogP contribution is 2.59. The van der Waals surface area contributed by atoms with E-state index in [1.165, 1.54) is 77.2 Å². The Hall–Kier alpha value is -8.14. The van der Waals surface area contributed by atoms with Gasteiger partial charge in [-0.1, -0.05) is 166 Å². The first-order valence-corrected chi connectivity index (χ1v) is 24.2. The molecule has 3 nitrogen and oxygen atoms in total. The summed E-state index contributed by atoms with van der Waals surface area (Å²) in [5.41, 5.74) is 23.8. The van der Waals surface area contributed by atoms with Crippen molar-refractivity contribution < 1.29 is 8.83 Å². The molecular formula is C66H49NO2. The lowest BCUT2D eigenvalue weighted by molar-refractivity contribution is 0.657. The number of hydrogen-bond acceptors (Lipinski definition) is 3. The van der Waals surface area contributed by atoms with Crippen LogP contribution in [-0.4, -0.2) is 0 Å². The SMILES string of the molecule is Cc1ccc(-c2cc3c(c4c2oc2ccccc24)-c2ccc(N(c4ccc5c(c4)C(C)(C)c4cc(-c6ccc(C)cc6)c6oc7ccccc7c6c4-5)c4ccc5ccccc5c4)cc2C3(C)C)cc1. The Morgan fingerprint density at radius 3 is 1.28 bits per heavy atom. The quantitative estimate of drug-likeness (QED) is 0.172. The standard InChI is InChI=1S/C66H49NO2/c1-38-19-23-41(24-20-38)51-36-55-59(61-49-15-9-11-17-57(49)68-63(51)61)47-31-29-45(34-53(47)65(55,3)4)67(44-28-27-40-13-7-8-14-43(40)33-44)46-30-32-48-54(35-46)66(5,6)56-37-52(42-25-21-39(2)22-26-42)64-62(60(48)56)50-16-10-12-18-58(50)69-64/h7-37H,1-6H3. The summed E-state index contributed by atoms with van der Waals surface area (Å²) in [6.45, 7) is 13.9. The maximum absolute atomic E-state index is 6.83. The summed E-state index contributed by atoms with van der Waals surface area (Å²) < 4.78 is 13.7.